The molecular formula is C19H14O. The summed E-state index contributed by atoms with van der Waals surface area (Å²) in [5, 5.41) is 0. The molecule has 0 amide bonds. The number of fused-ring (bicyclic) bond motifs is 2. The van der Waals surface area contributed by atoms with Gasteiger partial charge in [0, 0.05) is 16.7 Å². The van der Waals surface area contributed by atoms with Gasteiger partial charge in [0.05, 0.1) is 0 Å². The van der Waals surface area contributed by atoms with Crippen molar-refractivity contribution < 1.29 is 4.74 Å². The minimum Gasteiger partial charge on any atom is -0.473 e. The number of rotatable bonds is 2. The summed E-state index contributed by atoms with van der Waals surface area (Å²) in [5.41, 5.74) is 2.99. The zero-order valence-corrected chi connectivity index (χ0v) is 11.0. The molecule has 2 bridgehead atoms. The van der Waals surface area contributed by atoms with Crippen molar-refractivity contribution in [2.45, 2.75) is 5.60 Å². The Morgan fingerprint density at radius 3 is 1.65 bits per heavy atom. The van der Waals surface area contributed by atoms with Crippen molar-refractivity contribution in [3.05, 3.63) is 102 Å². The fraction of sp³-hybridized carbons (Fsp3) is 0.0526. The molecule has 0 spiro atoms. The average Bonchev–Trinajstić information content (AvgIpc) is 2.80. The van der Waals surface area contributed by atoms with Crippen LogP contribution >= 0.6 is 0 Å². The van der Waals surface area contributed by atoms with Gasteiger partial charge in [0.1, 0.15) is 5.75 Å². The second kappa shape index (κ2) is 4.24. The van der Waals surface area contributed by atoms with Gasteiger partial charge in [0.25, 0.3) is 0 Å². The third kappa shape index (κ3) is 1.50. The summed E-state index contributed by atoms with van der Waals surface area (Å²) in [6.45, 7) is 0. The second-order valence-corrected chi connectivity index (χ2v) is 5.04. The van der Waals surface area contributed by atoms with Crippen LogP contribution in [0, 0.1) is 0 Å². The maximum Gasteiger partial charge on any atom is 0.184 e. The van der Waals surface area contributed by atoms with Crippen LogP contribution in [-0.4, -0.2) is 0 Å². The molecule has 0 aliphatic carbocycles. The first-order chi connectivity index (χ1) is 9.89. The molecule has 1 aliphatic heterocycles. The summed E-state index contributed by atoms with van der Waals surface area (Å²) in [6, 6.07) is 29.1. The molecule has 0 aromatic heterocycles. The maximum atomic E-state index is 6.35. The van der Waals surface area contributed by atoms with E-state index in [-0.39, 0.29) is 0 Å². The van der Waals surface area contributed by atoms with E-state index in [1.807, 2.05) is 18.2 Å². The molecular weight excluding hydrogens is 244 g/mol. The molecule has 3 aromatic rings. The lowest BCUT2D eigenvalue weighted by Gasteiger charge is -2.31. The third-order valence-electron chi connectivity index (χ3n) is 3.87. The summed E-state index contributed by atoms with van der Waals surface area (Å²) in [6.07, 6.45) is 0. The highest BCUT2D eigenvalue weighted by Crippen LogP contribution is 2.46. The van der Waals surface area contributed by atoms with Crippen LogP contribution in [0.3, 0.4) is 0 Å². The Labute approximate surface area is 118 Å². The van der Waals surface area contributed by atoms with Gasteiger partial charge in [0.2, 0.25) is 0 Å². The number of hydrogen-bond donors (Lipinski definition) is 0. The number of ether oxygens (including phenoxy) is 1. The second-order valence-electron chi connectivity index (χ2n) is 5.04. The first kappa shape index (κ1) is 11.3. The average molecular weight is 258 g/mol. The SMILES string of the molecule is c1ccc(C2(c3ccccc3)Oc3cccc2c3)cc1. The third-order valence-corrected chi connectivity index (χ3v) is 3.87. The molecule has 3 aromatic carbocycles. The number of hydrogen-bond acceptors (Lipinski definition) is 1. The molecule has 1 nitrogen and oxygen atoms in total. The molecule has 4 rings (SSSR count). The molecule has 96 valence electrons. The quantitative estimate of drug-likeness (QED) is 0.663. The van der Waals surface area contributed by atoms with E-state index in [4.69, 9.17) is 4.74 Å². The topological polar surface area (TPSA) is 9.23 Å². The summed E-state index contributed by atoms with van der Waals surface area (Å²) in [5.74, 6) is 0.926. The van der Waals surface area contributed by atoms with E-state index in [0.29, 0.717) is 0 Å². The van der Waals surface area contributed by atoms with E-state index in [9.17, 15) is 0 Å². The predicted molar refractivity (Wildman–Crippen MR) is 79.8 cm³/mol. The summed E-state index contributed by atoms with van der Waals surface area (Å²) in [7, 11) is 0. The minimum atomic E-state index is -0.513. The van der Waals surface area contributed by atoms with Gasteiger partial charge in [-0.25, -0.2) is 0 Å². The highest BCUT2D eigenvalue weighted by molar-refractivity contribution is 5.54. The molecule has 1 heterocycles. The standard InChI is InChI=1S/C19H14O/c1-3-8-15(9-4-1)19(16-10-5-2-6-11-16)17-12-7-13-18(14-17)20-19/h1-14H. The summed E-state index contributed by atoms with van der Waals surface area (Å²) in [4.78, 5) is 0. The summed E-state index contributed by atoms with van der Waals surface area (Å²) >= 11 is 0. The molecule has 1 heteroatoms. The highest BCUT2D eigenvalue weighted by Gasteiger charge is 2.42. The van der Waals surface area contributed by atoms with Crippen molar-refractivity contribution in [1.29, 1.82) is 0 Å². The Balaban J connectivity index is 2.00. The minimum absolute atomic E-state index is 0.513. The van der Waals surface area contributed by atoms with Crippen molar-refractivity contribution in [3.8, 4) is 5.75 Å². The van der Waals surface area contributed by atoms with Crippen LogP contribution in [0.4, 0.5) is 0 Å². The van der Waals surface area contributed by atoms with Crippen LogP contribution in [-0.2, 0) is 5.60 Å². The molecule has 0 unspecified atom stereocenters. The number of benzene rings is 3. The van der Waals surface area contributed by atoms with E-state index in [1.165, 1.54) is 5.56 Å². The molecule has 0 saturated heterocycles. The van der Waals surface area contributed by atoms with Crippen LogP contribution in [0.15, 0.2) is 84.9 Å². The van der Waals surface area contributed by atoms with Gasteiger partial charge >= 0.3 is 0 Å². The van der Waals surface area contributed by atoms with Gasteiger partial charge in [-0.2, -0.15) is 0 Å². The molecule has 0 atom stereocenters. The monoisotopic (exact) mass is 258 g/mol. The van der Waals surface area contributed by atoms with Crippen molar-refractivity contribution >= 4 is 0 Å². The lowest BCUT2D eigenvalue weighted by Crippen LogP contribution is -2.32. The van der Waals surface area contributed by atoms with Gasteiger partial charge in [-0.15, -0.1) is 0 Å². The Morgan fingerprint density at radius 2 is 1.10 bits per heavy atom. The van der Waals surface area contributed by atoms with E-state index in [2.05, 4.69) is 66.7 Å². The van der Waals surface area contributed by atoms with Crippen LogP contribution in [0.1, 0.15) is 16.7 Å². The maximum absolute atomic E-state index is 6.35. The molecule has 0 N–H and O–H groups in total. The molecule has 0 saturated carbocycles. The van der Waals surface area contributed by atoms with Crippen LogP contribution < -0.4 is 4.74 Å². The zero-order chi connectivity index (χ0) is 13.4. The van der Waals surface area contributed by atoms with Crippen molar-refractivity contribution in [1.82, 2.24) is 0 Å². The van der Waals surface area contributed by atoms with Crippen molar-refractivity contribution in [2.75, 3.05) is 0 Å². The van der Waals surface area contributed by atoms with E-state index < -0.39 is 5.60 Å². The van der Waals surface area contributed by atoms with Gasteiger partial charge in [-0.1, -0.05) is 72.8 Å². The predicted octanol–water partition coefficient (Wildman–Crippen LogP) is 4.37. The van der Waals surface area contributed by atoms with Crippen LogP contribution in [0.5, 0.6) is 5.75 Å². The van der Waals surface area contributed by atoms with Crippen LogP contribution in [0.25, 0.3) is 0 Å². The first-order valence-electron chi connectivity index (χ1n) is 6.80. The van der Waals surface area contributed by atoms with Crippen molar-refractivity contribution in [3.63, 3.8) is 0 Å². The van der Waals surface area contributed by atoms with E-state index >= 15 is 0 Å². The van der Waals surface area contributed by atoms with Crippen molar-refractivity contribution in [2.24, 2.45) is 0 Å². The van der Waals surface area contributed by atoms with E-state index in [1.54, 1.807) is 0 Å². The molecule has 20 heavy (non-hydrogen) atoms. The van der Waals surface area contributed by atoms with Gasteiger partial charge < -0.3 is 4.74 Å². The normalized spacial score (nSPS) is 14.8. The largest absolute Gasteiger partial charge is 0.473 e. The molecule has 1 aliphatic rings. The van der Waals surface area contributed by atoms with E-state index in [0.717, 1.165) is 16.9 Å². The summed E-state index contributed by atoms with van der Waals surface area (Å²) < 4.78 is 6.35. The smallest absolute Gasteiger partial charge is 0.184 e. The Bertz CT molecular complexity index is 692. The Kier molecular flexibility index (Phi) is 2.40. The lowest BCUT2D eigenvalue weighted by atomic mass is 9.81. The van der Waals surface area contributed by atoms with Gasteiger partial charge in [-0.3, -0.25) is 0 Å². The Hall–Kier alpha value is -2.54. The molecule has 0 radical (unpaired) electrons. The van der Waals surface area contributed by atoms with Gasteiger partial charge in [0.15, 0.2) is 5.60 Å². The zero-order valence-electron chi connectivity index (χ0n) is 11.0. The highest BCUT2D eigenvalue weighted by atomic mass is 16.5. The van der Waals surface area contributed by atoms with Gasteiger partial charge in [-0.05, 0) is 12.1 Å². The van der Waals surface area contributed by atoms with Crippen LogP contribution in [0.2, 0.25) is 0 Å². The Morgan fingerprint density at radius 1 is 0.550 bits per heavy atom. The first-order valence-corrected chi connectivity index (χ1v) is 6.80. The lowest BCUT2D eigenvalue weighted by molar-refractivity contribution is 0.174. The fourth-order valence-electron chi connectivity index (χ4n) is 2.98. The molecule has 0 fully saturated rings. The fourth-order valence-corrected chi connectivity index (χ4v) is 2.98.